The highest BCUT2D eigenvalue weighted by molar-refractivity contribution is 9.10. The molecule has 0 fully saturated rings. The molecule has 1 heterocycles. The second kappa shape index (κ2) is 4.68. The lowest BCUT2D eigenvalue weighted by Crippen LogP contribution is -1.87. The Bertz CT molecular complexity index is 502. The van der Waals surface area contributed by atoms with Crippen LogP contribution in [0.5, 0.6) is 0 Å². The summed E-state index contributed by atoms with van der Waals surface area (Å²) < 4.78 is 1.14. The number of halogens is 1. The van der Waals surface area contributed by atoms with Gasteiger partial charge in [0.25, 0.3) is 0 Å². The lowest BCUT2D eigenvalue weighted by atomic mass is 10.1. The molecule has 0 unspecified atom stereocenters. The predicted molar refractivity (Wildman–Crippen MR) is 74.1 cm³/mol. The van der Waals surface area contributed by atoms with E-state index in [1.54, 1.807) is 11.3 Å². The molecule has 0 bridgehead atoms. The first-order chi connectivity index (χ1) is 7.58. The van der Waals surface area contributed by atoms with Gasteiger partial charge in [0.05, 0.1) is 5.69 Å². The highest BCUT2D eigenvalue weighted by Crippen LogP contribution is 2.29. The first kappa shape index (κ1) is 11.8. The maximum absolute atomic E-state index is 4.65. The van der Waals surface area contributed by atoms with Gasteiger partial charge < -0.3 is 0 Å². The molecule has 0 aliphatic heterocycles. The van der Waals surface area contributed by atoms with Crippen LogP contribution in [-0.2, 0) is 0 Å². The average molecular weight is 296 g/mol. The Kier molecular flexibility index (Phi) is 3.45. The van der Waals surface area contributed by atoms with Gasteiger partial charge in [-0.25, -0.2) is 4.98 Å². The Morgan fingerprint density at radius 1 is 1.31 bits per heavy atom. The lowest BCUT2D eigenvalue weighted by Gasteiger charge is -2.01. The molecule has 3 heteroatoms. The van der Waals surface area contributed by atoms with E-state index in [1.165, 1.54) is 16.8 Å². The van der Waals surface area contributed by atoms with Crippen LogP contribution >= 0.6 is 27.3 Å². The zero-order valence-electron chi connectivity index (χ0n) is 9.62. The third-order valence-electron chi connectivity index (χ3n) is 2.53. The minimum Gasteiger partial charge on any atom is -0.241 e. The Hall–Kier alpha value is -0.670. The zero-order chi connectivity index (χ0) is 11.7. The van der Waals surface area contributed by atoms with Crippen molar-refractivity contribution in [3.05, 3.63) is 39.3 Å². The van der Waals surface area contributed by atoms with Crippen molar-refractivity contribution < 1.29 is 0 Å². The highest BCUT2D eigenvalue weighted by atomic mass is 79.9. The molecule has 0 atom stereocenters. The molecule has 1 aromatic heterocycles. The van der Waals surface area contributed by atoms with Crippen LogP contribution in [0.3, 0.4) is 0 Å². The summed E-state index contributed by atoms with van der Waals surface area (Å²) in [6.45, 7) is 6.43. The van der Waals surface area contributed by atoms with Crippen molar-refractivity contribution in [2.24, 2.45) is 0 Å². The summed E-state index contributed by atoms with van der Waals surface area (Å²) in [5, 5.41) is 3.25. The number of aromatic nitrogens is 1. The SMILES string of the molecule is Cc1ccc(-c2nc(C(C)C)cs2)cc1Br. The van der Waals surface area contributed by atoms with Gasteiger partial charge in [-0.2, -0.15) is 0 Å². The molecule has 0 aliphatic rings. The molecule has 16 heavy (non-hydrogen) atoms. The van der Waals surface area contributed by atoms with E-state index >= 15 is 0 Å². The quantitative estimate of drug-likeness (QED) is 0.759. The number of aryl methyl sites for hydroxylation is 1. The standard InChI is InChI=1S/C13H14BrNS/c1-8(2)12-7-16-13(15-12)10-5-4-9(3)11(14)6-10/h4-8H,1-3H3. The normalized spacial score (nSPS) is 11.1. The second-order valence-electron chi connectivity index (χ2n) is 4.20. The van der Waals surface area contributed by atoms with Gasteiger partial charge in [-0.15, -0.1) is 11.3 Å². The fourth-order valence-electron chi connectivity index (χ4n) is 1.41. The number of benzene rings is 1. The largest absolute Gasteiger partial charge is 0.241 e. The number of hydrogen-bond acceptors (Lipinski definition) is 2. The van der Waals surface area contributed by atoms with E-state index in [9.17, 15) is 0 Å². The van der Waals surface area contributed by atoms with Gasteiger partial charge in [-0.3, -0.25) is 0 Å². The third-order valence-corrected chi connectivity index (χ3v) is 4.30. The van der Waals surface area contributed by atoms with Crippen LogP contribution in [0.4, 0.5) is 0 Å². The van der Waals surface area contributed by atoms with Gasteiger partial charge in [0, 0.05) is 15.4 Å². The van der Waals surface area contributed by atoms with E-state index in [-0.39, 0.29) is 0 Å². The minimum absolute atomic E-state index is 0.499. The van der Waals surface area contributed by atoms with E-state index in [0.717, 1.165) is 9.48 Å². The van der Waals surface area contributed by atoms with Crippen molar-refractivity contribution in [3.8, 4) is 10.6 Å². The molecule has 0 amide bonds. The predicted octanol–water partition coefficient (Wildman–Crippen LogP) is 5.00. The molecule has 0 radical (unpaired) electrons. The fourth-order valence-corrected chi connectivity index (χ4v) is 2.77. The molecule has 0 N–H and O–H groups in total. The number of rotatable bonds is 2. The summed E-state index contributed by atoms with van der Waals surface area (Å²) in [6.07, 6.45) is 0. The van der Waals surface area contributed by atoms with Gasteiger partial charge in [0.2, 0.25) is 0 Å². The smallest absolute Gasteiger partial charge is 0.123 e. The van der Waals surface area contributed by atoms with Gasteiger partial charge in [-0.1, -0.05) is 41.9 Å². The first-order valence-electron chi connectivity index (χ1n) is 5.30. The maximum Gasteiger partial charge on any atom is 0.123 e. The van der Waals surface area contributed by atoms with Gasteiger partial charge >= 0.3 is 0 Å². The maximum atomic E-state index is 4.65. The van der Waals surface area contributed by atoms with Crippen LogP contribution in [-0.4, -0.2) is 4.98 Å². The van der Waals surface area contributed by atoms with Crippen molar-refractivity contribution in [2.45, 2.75) is 26.7 Å². The third kappa shape index (κ3) is 2.36. The van der Waals surface area contributed by atoms with Crippen LogP contribution in [0.2, 0.25) is 0 Å². The molecule has 1 nitrogen and oxygen atoms in total. The van der Waals surface area contributed by atoms with E-state index in [2.05, 4.69) is 65.3 Å². The molecule has 0 aliphatic carbocycles. The van der Waals surface area contributed by atoms with Gasteiger partial charge in [0.1, 0.15) is 5.01 Å². The van der Waals surface area contributed by atoms with Crippen LogP contribution in [0.15, 0.2) is 28.1 Å². The summed E-state index contributed by atoms with van der Waals surface area (Å²) in [7, 11) is 0. The summed E-state index contributed by atoms with van der Waals surface area (Å²) in [5.74, 6) is 0.499. The monoisotopic (exact) mass is 295 g/mol. The Labute approximate surface area is 109 Å². The molecule has 2 aromatic rings. The molecule has 0 spiro atoms. The highest BCUT2D eigenvalue weighted by Gasteiger charge is 2.08. The molecule has 0 saturated heterocycles. The second-order valence-corrected chi connectivity index (χ2v) is 5.91. The number of nitrogens with zero attached hydrogens (tertiary/aromatic N) is 1. The fraction of sp³-hybridized carbons (Fsp3) is 0.308. The molecular formula is C13H14BrNS. The summed E-state index contributed by atoms with van der Waals surface area (Å²) in [5.41, 5.74) is 3.62. The molecule has 1 aromatic carbocycles. The minimum atomic E-state index is 0.499. The van der Waals surface area contributed by atoms with Crippen molar-refractivity contribution >= 4 is 27.3 Å². The van der Waals surface area contributed by atoms with E-state index in [1.807, 2.05) is 0 Å². The Morgan fingerprint density at radius 3 is 2.62 bits per heavy atom. The van der Waals surface area contributed by atoms with Gasteiger partial charge in [0.15, 0.2) is 0 Å². The number of thiazole rings is 1. The van der Waals surface area contributed by atoms with Crippen LogP contribution in [0, 0.1) is 6.92 Å². The summed E-state index contributed by atoms with van der Waals surface area (Å²) in [6, 6.07) is 6.39. The molecule has 2 rings (SSSR count). The average Bonchev–Trinajstić information content (AvgIpc) is 2.71. The van der Waals surface area contributed by atoms with E-state index in [4.69, 9.17) is 0 Å². The molecular weight excluding hydrogens is 282 g/mol. The first-order valence-corrected chi connectivity index (χ1v) is 6.97. The van der Waals surface area contributed by atoms with E-state index < -0.39 is 0 Å². The van der Waals surface area contributed by atoms with Crippen molar-refractivity contribution in [1.82, 2.24) is 4.98 Å². The number of hydrogen-bond donors (Lipinski definition) is 0. The van der Waals surface area contributed by atoms with Crippen molar-refractivity contribution in [2.75, 3.05) is 0 Å². The van der Waals surface area contributed by atoms with Crippen LogP contribution in [0.25, 0.3) is 10.6 Å². The zero-order valence-corrected chi connectivity index (χ0v) is 12.0. The van der Waals surface area contributed by atoms with Crippen molar-refractivity contribution in [1.29, 1.82) is 0 Å². The van der Waals surface area contributed by atoms with E-state index in [0.29, 0.717) is 5.92 Å². The van der Waals surface area contributed by atoms with Gasteiger partial charge in [-0.05, 0) is 24.5 Å². The Balaban J connectivity index is 2.39. The van der Waals surface area contributed by atoms with Crippen LogP contribution in [0.1, 0.15) is 31.0 Å². The summed E-state index contributed by atoms with van der Waals surface area (Å²) >= 11 is 5.27. The lowest BCUT2D eigenvalue weighted by molar-refractivity contribution is 0.834. The summed E-state index contributed by atoms with van der Waals surface area (Å²) in [4.78, 5) is 4.65. The molecule has 0 saturated carbocycles. The van der Waals surface area contributed by atoms with Crippen LogP contribution < -0.4 is 0 Å². The topological polar surface area (TPSA) is 12.9 Å². The molecule has 84 valence electrons. The Morgan fingerprint density at radius 2 is 2.06 bits per heavy atom. The van der Waals surface area contributed by atoms with Crippen molar-refractivity contribution in [3.63, 3.8) is 0 Å².